The van der Waals surface area contributed by atoms with E-state index < -0.39 is 11.9 Å². The molecule has 7 heteroatoms. The molecular weight excluding hydrogens is 323 g/mol. The summed E-state index contributed by atoms with van der Waals surface area (Å²) in [7, 11) is 1.47. The van der Waals surface area contributed by atoms with Crippen LogP contribution < -0.4 is 5.32 Å². The molecule has 3 nitrogen and oxygen atoms in total. The first-order valence-corrected chi connectivity index (χ1v) is 6.09. The van der Waals surface area contributed by atoms with Crippen LogP contribution in [0.1, 0.15) is 5.69 Å². The highest BCUT2D eigenvalue weighted by atomic mass is 79.9. The van der Waals surface area contributed by atoms with Gasteiger partial charge in [-0.2, -0.15) is 13.2 Å². The summed E-state index contributed by atoms with van der Waals surface area (Å²) in [5.41, 5.74) is -0.173. The molecule has 1 heterocycles. The molecule has 0 amide bonds. The number of nitrogens with one attached hydrogen (secondary N) is 1. The monoisotopic (exact) mass is 331 g/mol. The van der Waals surface area contributed by atoms with Crippen molar-refractivity contribution in [1.29, 1.82) is 0 Å². The van der Waals surface area contributed by atoms with Gasteiger partial charge >= 0.3 is 6.18 Å². The van der Waals surface area contributed by atoms with E-state index in [1.807, 2.05) is 0 Å². The van der Waals surface area contributed by atoms with E-state index in [1.165, 1.54) is 7.05 Å². The molecule has 0 spiro atoms. The van der Waals surface area contributed by atoms with Gasteiger partial charge in [-0.3, -0.25) is 0 Å². The molecule has 0 saturated carbocycles. The Morgan fingerprint density at radius 3 is 2.47 bits per heavy atom. The maximum atomic E-state index is 12.8. The topological polar surface area (TPSA) is 37.8 Å². The van der Waals surface area contributed by atoms with Crippen LogP contribution >= 0.6 is 15.9 Å². The van der Waals surface area contributed by atoms with Gasteiger partial charge < -0.3 is 5.32 Å². The van der Waals surface area contributed by atoms with E-state index >= 15 is 0 Å². The fourth-order valence-electron chi connectivity index (χ4n) is 1.50. The molecule has 0 atom stereocenters. The Bertz CT molecular complexity index is 599. The summed E-state index contributed by atoms with van der Waals surface area (Å²) in [6, 6.07) is 7.83. The molecule has 100 valence electrons. The molecule has 0 saturated heterocycles. The van der Waals surface area contributed by atoms with Gasteiger partial charge in [-0.25, -0.2) is 9.97 Å². The average molecular weight is 332 g/mol. The third-order valence-corrected chi connectivity index (χ3v) is 2.85. The first-order valence-electron chi connectivity index (χ1n) is 5.30. The van der Waals surface area contributed by atoms with Gasteiger partial charge in [0.25, 0.3) is 0 Å². The molecule has 1 aromatic heterocycles. The van der Waals surface area contributed by atoms with Crippen LogP contribution in [0.2, 0.25) is 0 Å². The van der Waals surface area contributed by atoms with Crippen LogP contribution in [0.25, 0.3) is 11.3 Å². The Morgan fingerprint density at radius 1 is 1.16 bits per heavy atom. The highest BCUT2D eigenvalue weighted by Crippen LogP contribution is 2.31. The van der Waals surface area contributed by atoms with E-state index in [1.54, 1.807) is 24.3 Å². The molecule has 0 unspecified atom stereocenters. The first-order chi connectivity index (χ1) is 8.90. The van der Waals surface area contributed by atoms with Crippen molar-refractivity contribution in [2.75, 3.05) is 12.4 Å². The van der Waals surface area contributed by atoms with E-state index in [2.05, 4.69) is 31.2 Å². The molecule has 1 aromatic carbocycles. The van der Waals surface area contributed by atoms with Gasteiger partial charge in [0, 0.05) is 17.1 Å². The van der Waals surface area contributed by atoms with Crippen LogP contribution in [-0.4, -0.2) is 17.0 Å². The van der Waals surface area contributed by atoms with Crippen molar-refractivity contribution in [3.05, 3.63) is 40.5 Å². The molecule has 2 rings (SSSR count). The van der Waals surface area contributed by atoms with Crippen molar-refractivity contribution in [1.82, 2.24) is 9.97 Å². The summed E-state index contributed by atoms with van der Waals surface area (Å²) in [5, 5.41) is 2.53. The highest BCUT2D eigenvalue weighted by Gasteiger charge is 2.33. The van der Waals surface area contributed by atoms with Crippen molar-refractivity contribution < 1.29 is 13.2 Å². The third kappa shape index (κ3) is 3.23. The molecule has 0 fully saturated rings. The van der Waals surface area contributed by atoms with E-state index in [0.29, 0.717) is 5.56 Å². The minimum Gasteiger partial charge on any atom is -0.357 e. The van der Waals surface area contributed by atoms with Crippen molar-refractivity contribution in [2.45, 2.75) is 6.18 Å². The van der Waals surface area contributed by atoms with Crippen LogP contribution in [-0.2, 0) is 6.18 Å². The van der Waals surface area contributed by atoms with E-state index in [-0.39, 0.29) is 11.6 Å². The average Bonchev–Trinajstić information content (AvgIpc) is 2.37. The minimum atomic E-state index is -4.50. The van der Waals surface area contributed by atoms with Crippen LogP contribution in [0.5, 0.6) is 0 Å². The normalized spacial score (nSPS) is 11.4. The molecule has 19 heavy (non-hydrogen) atoms. The van der Waals surface area contributed by atoms with E-state index in [4.69, 9.17) is 0 Å². The molecule has 0 radical (unpaired) electrons. The van der Waals surface area contributed by atoms with Gasteiger partial charge in [-0.15, -0.1) is 0 Å². The Kier molecular flexibility index (Phi) is 3.75. The molecule has 0 aliphatic heterocycles. The smallest absolute Gasteiger partial charge is 0.357 e. The standard InChI is InChI=1S/C12H9BrF3N3/c1-17-11-18-9(6-10(19-11)12(14,15)16)7-3-2-4-8(13)5-7/h2-6H,1H3,(H,17,18,19). The Morgan fingerprint density at radius 2 is 1.89 bits per heavy atom. The van der Waals surface area contributed by atoms with Crippen molar-refractivity contribution in [3.63, 3.8) is 0 Å². The Hall–Kier alpha value is -1.63. The van der Waals surface area contributed by atoms with Crippen LogP contribution in [0, 0.1) is 0 Å². The predicted octanol–water partition coefficient (Wildman–Crippen LogP) is 3.97. The lowest BCUT2D eigenvalue weighted by atomic mass is 10.1. The maximum Gasteiger partial charge on any atom is 0.433 e. The number of nitrogens with zero attached hydrogens (tertiary/aromatic N) is 2. The third-order valence-electron chi connectivity index (χ3n) is 2.36. The molecule has 1 N–H and O–H groups in total. The fourth-order valence-corrected chi connectivity index (χ4v) is 1.90. The largest absolute Gasteiger partial charge is 0.433 e. The lowest BCUT2D eigenvalue weighted by molar-refractivity contribution is -0.141. The van der Waals surface area contributed by atoms with Crippen LogP contribution in [0.3, 0.4) is 0 Å². The fraction of sp³-hybridized carbons (Fsp3) is 0.167. The summed E-state index contributed by atoms with van der Waals surface area (Å²) >= 11 is 3.27. The minimum absolute atomic E-state index is 0.0650. The highest BCUT2D eigenvalue weighted by molar-refractivity contribution is 9.10. The Labute approximate surface area is 116 Å². The number of halogens is 4. The number of rotatable bonds is 2. The molecule has 0 aliphatic rings. The predicted molar refractivity (Wildman–Crippen MR) is 69.7 cm³/mol. The number of aromatic nitrogens is 2. The van der Waals surface area contributed by atoms with Gasteiger partial charge in [0.2, 0.25) is 5.95 Å². The number of hydrogen-bond acceptors (Lipinski definition) is 3. The summed E-state index contributed by atoms with van der Waals surface area (Å²) < 4.78 is 39.0. The summed E-state index contributed by atoms with van der Waals surface area (Å²) in [4.78, 5) is 7.45. The second-order valence-electron chi connectivity index (χ2n) is 3.72. The molecule has 0 bridgehead atoms. The summed E-state index contributed by atoms with van der Waals surface area (Å²) in [6.07, 6.45) is -4.50. The van der Waals surface area contributed by atoms with Gasteiger partial charge in [0.1, 0.15) is 0 Å². The lowest BCUT2D eigenvalue weighted by Crippen LogP contribution is -2.11. The Balaban J connectivity index is 2.57. The van der Waals surface area contributed by atoms with E-state index in [0.717, 1.165) is 10.5 Å². The summed E-state index contributed by atoms with van der Waals surface area (Å²) in [5.74, 6) is -0.0650. The zero-order chi connectivity index (χ0) is 14.0. The molecule has 2 aromatic rings. The van der Waals surface area contributed by atoms with Crippen molar-refractivity contribution in [2.24, 2.45) is 0 Å². The van der Waals surface area contributed by atoms with E-state index in [9.17, 15) is 13.2 Å². The lowest BCUT2D eigenvalue weighted by Gasteiger charge is -2.10. The van der Waals surface area contributed by atoms with Gasteiger partial charge in [0.15, 0.2) is 5.69 Å². The second-order valence-corrected chi connectivity index (χ2v) is 4.64. The maximum absolute atomic E-state index is 12.8. The van der Waals surface area contributed by atoms with Crippen LogP contribution in [0.15, 0.2) is 34.8 Å². The number of hydrogen-bond donors (Lipinski definition) is 1. The molecular formula is C12H9BrF3N3. The van der Waals surface area contributed by atoms with Crippen molar-refractivity contribution in [3.8, 4) is 11.3 Å². The number of benzene rings is 1. The second kappa shape index (κ2) is 5.16. The van der Waals surface area contributed by atoms with Crippen molar-refractivity contribution >= 4 is 21.9 Å². The first kappa shape index (κ1) is 13.8. The van der Waals surface area contributed by atoms with Gasteiger partial charge in [-0.05, 0) is 18.2 Å². The number of alkyl halides is 3. The van der Waals surface area contributed by atoms with Gasteiger partial charge in [-0.1, -0.05) is 28.1 Å². The van der Waals surface area contributed by atoms with Crippen LogP contribution in [0.4, 0.5) is 19.1 Å². The SMILES string of the molecule is CNc1nc(-c2cccc(Br)c2)cc(C(F)(F)F)n1. The number of anilines is 1. The molecule has 0 aliphatic carbocycles. The summed E-state index contributed by atoms with van der Waals surface area (Å²) in [6.45, 7) is 0. The zero-order valence-electron chi connectivity index (χ0n) is 9.79. The zero-order valence-corrected chi connectivity index (χ0v) is 11.4. The van der Waals surface area contributed by atoms with Gasteiger partial charge in [0.05, 0.1) is 5.69 Å². The quantitative estimate of drug-likeness (QED) is 0.904.